The molecular formula is C37H25N3O. The standard InChI is InChI=1S/C37H25N3O/c1-41-31-20-18-30(19-21-31)40(28-7-3-2-4-8-28)29-16-13-26(14-17-29)11-12-27-15-22-34-35(23-27)32-9-5-6-10-33(32)36(24-38)37(34)25-39/h2-23H,1H3/b12-11-. The van der Waals surface area contributed by atoms with Crippen LogP contribution in [0.5, 0.6) is 5.75 Å². The maximum absolute atomic E-state index is 9.83. The molecule has 0 aliphatic heterocycles. The summed E-state index contributed by atoms with van der Waals surface area (Å²) >= 11 is 0. The van der Waals surface area contributed by atoms with Crippen molar-refractivity contribution in [3.8, 4) is 17.9 Å². The molecule has 4 nitrogen and oxygen atoms in total. The molecule has 0 saturated carbocycles. The molecule has 0 spiro atoms. The molecule has 6 aromatic carbocycles. The van der Waals surface area contributed by atoms with Crippen LogP contribution in [-0.4, -0.2) is 7.11 Å². The Bertz CT molecular complexity index is 1980. The lowest BCUT2D eigenvalue weighted by atomic mass is 9.91. The van der Waals surface area contributed by atoms with Crippen molar-refractivity contribution in [3.05, 3.63) is 144 Å². The number of hydrogen-bond acceptors (Lipinski definition) is 4. The summed E-state index contributed by atoms with van der Waals surface area (Å²) < 4.78 is 5.35. The summed E-state index contributed by atoms with van der Waals surface area (Å²) in [6.07, 6.45) is 4.16. The smallest absolute Gasteiger partial charge is 0.119 e. The highest BCUT2D eigenvalue weighted by Gasteiger charge is 2.14. The Morgan fingerprint density at radius 1 is 0.537 bits per heavy atom. The van der Waals surface area contributed by atoms with Gasteiger partial charge in [0.1, 0.15) is 17.9 Å². The van der Waals surface area contributed by atoms with Crippen molar-refractivity contribution in [1.29, 1.82) is 10.5 Å². The van der Waals surface area contributed by atoms with Gasteiger partial charge in [0, 0.05) is 27.8 Å². The van der Waals surface area contributed by atoms with Crippen molar-refractivity contribution < 1.29 is 4.74 Å². The third kappa shape index (κ3) is 4.87. The number of anilines is 3. The van der Waals surface area contributed by atoms with Crippen molar-refractivity contribution in [2.75, 3.05) is 12.0 Å². The zero-order valence-corrected chi connectivity index (χ0v) is 22.5. The molecule has 0 unspecified atom stereocenters. The summed E-state index contributed by atoms with van der Waals surface area (Å²) in [5.41, 5.74) is 6.10. The molecule has 0 bridgehead atoms. The largest absolute Gasteiger partial charge is 0.497 e. The van der Waals surface area contributed by atoms with Crippen molar-refractivity contribution in [2.45, 2.75) is 0 Å². The first-order valence-electron chi connectivity index (χ1n) is 13.3. The minimum absolute atomic E-state index is 0.423. The van der Waals surface area contributed by atoms with Gasteiger partial charge in [0.05, 0.1) is 18.2 Å². The minimum Gasteiger partial charge on any atom is -0.497 e. The van der Waals surface area contributed by atoms with Gasteiger partial charge in [-0.25, -0.2) is 0 Å². The summed E-state index contributed by atoms with van der Waals surface area (Å²) in [6.45, 7) is 0. The molecule has 0 atom stereocenters. The Balaban J connectivity index is 1.34. The number of nitrogens with zero attached hydrogens (tertiary/aromatic N) is 3. The summed E-state index contributed by atoms with van der Waals surface area (Å²) in [7, 11) is 1.67. The van der Waals surface area contributed by atoms with Crippen LogP contribution in [0.1, 0.15) is 22.3 Å². The fourth-order valence-corrected chi connectivity index (χ4v) is 5.23. The van der Waals surface area contributed by atoms with Crippen LogP contribution in [0.3, 0.4) is 0 Å². The van der Waals surface area contributed by atoms with Crippen molar-refractivity contribution in [1.82, 2.24) is 0 Å². The first-order chi connectivity index (χ1) is 20.2. The molecular weight excluding hydrogens is 502 g/mol. The van der Waals surface area contributed by atoms with E-state index in [1.807, 2.05) is 66.7 Å². The van der Waals surface area contributed by atoms with Gasteiger partial charge in [-0.2, -0.15) is 10.5 Å². The molecule has 0 heterocycles. The van der Waals surface area contributed by atoms with E-state index in [0.717, 1.165) is 55.5 Å². The molecule has 41 heavy (non-hydrogen) atoms. The Labute approximate surface area is 239 Å². The Morgan fingerprint density at radius 2 is 1.05 bits per heavy atom. The zero-order valence-electron chi connectivity index (χ0n) is 22.5. The molecule has 194 valence electrons. The van der Waals surface area contributed by atoms with E-state index >= 15 is 0 Å². The highest BCUT2D eigenvalue weighted by Crippen LogP contribution is 2.36. The second-order valence-corrected chi connectivity index (χ2v) is 9.62. The first kappa shape index (κ1) is 25.4. The second kappa shape index (κ2) is 11.1. The summed E-state index contributed by atoms with van der Waals surface area (Å²) in [5, 5.41) is 23.1. The predicted molar refractivity (Wildman–Crippen MR) is 167 cm³/mol. The van der Waals surface area contributed by atoms with Crippen molar-refractivity contribution in [2.24, 2.45) is 0 Å². The normalized spacial score (nSPS) is 10.9. The third-order valence-corrected chi connectivity index (χ3v) is 7.24. The Hall–Kier alpha value is -5.84. The van der Waals surface area contributed by atoms with Crippen LogP contribution in [0.25, 0.3) is 33.7 Å². The van der Waals surface area contributed by atoms with E-state index in [2.05, 4.69) is 83.8 Å². The number of hydrogen-bond donors (Lipinski definition) is 0. The van der Waals surface area contributed by atoms with Gasteiger partial charge in [0.2, 0.25) is 0 Å². The summed E-state index contributed by atoms with van der Waals surface area (Å²) in [6, 6.07) is 45.1. The van der Waals surface area contributed by atoms with Crippen LogP contribution < -0.4 is 9.64 Å². The zero-order chi connectivity index (χ0) is 28.2. The van der Waals surface area contributed by atoms with Crippen LogP contribution in [0.15, 0.2) is 121 Å². The number of nitriles is 2. The molecule has 0 N–H and O–H groups in total. The molecule has 6 aromatic rings. The fourth-order valence-electron chi connectivity index (χ4n) is 5.23. The molecule has 0 radical (unpaired) electrons. The number of fused-ring (bicyclic) bond motifs is 3. The Morgan fingerprint density at radius 3 is 1.68 bits per heavy atom. The molecule has 4 heteroatoms. The molecule has 0 amide bonds. The summed E-state index contributed by atoms with van der Waals surface area (Å²) in [4.78, 5) is 2.21. The number of ether oxygens (including phenoxy) is 1. The highest BCUT2D eigenvalue weighted by atomic mass is 16.5. The van der Waals surface area contributed by atoms with E-state index in [1.54, 1.807) is 7.11 Å². The van der Waals surface area contributed by atoms with Crippen LogP contribution in [0, 0.1) is 22.7 Å². The van der Waals surface area contributed by atoms with Crippen LogP contribution in [-0.2, 0) is 0 Å². The van der Waals surface area contributed by atoms with Crippen molar-refractivity contribution in [3.63, 3.8) is 0 Å². The number of para-hydroxylation sites is 1. The van der Waals surface area contributed by atoms with Crippen LogP contribution in [0.4, 0.5) is 17.1 Å². The van der Waals surface area contributed by atoms with Gasteiger partial charge >= 0.3 is 0 Å². The lowest BCUT2D eigenvalue weighted by Crippen LogP contribution is -2.09. The lowest BCUT2D eigenvalue weighted by molar-refractivity contribution is 0.415. The number of benzene rings is 6. The van der Waals surface area contributed by atoms with Gasteiger partial charge in [-0.15, -0.1) is 0 Å². The van der Waals surface area contributed by atoms with Crippen LogP contribution >= 0.6 is 0 Å². The number of methoxy groups -OCH3 is 1. The predicted octanol–water partition coefficient (Wildman–Crippen LogP) is 9.39. The van der Waals surface area contributed by atoms with Gasteiger partial charge in [-0.3, -0.25) is 0 Å². The van der Waals surface area contributed by atoms with E-state index < -0.39 is 0 Å². The SMILES string of the molecule is COc1ccc(N(c2ccccc2)c2ccc(/C=C\c3ccc4c(C#N)c(C#N)c5ccccc5c4c3)cc2)cc1. The van der Waals surface area contributed by atoms with Gasteiger partial charge in [-0.1, -0.05) is 78.9 Å². The lowest BCUT2D eigenvalue weighted by Gasteiger charge is -2.25. The average Bonchev–Trinajstić information content (AvgIpc) is 3.04. The first-order valence-corrected chi connectivity index (χ1v) is 13.3. The maximum Gasteiger partial charge on any atom is 0.119 e. The molecule has 6 rings (SSSR count). The molecule has 0 aliphatic rings. The Kier molecular flexibility index (Phi) is 6.89. The monoisotopic (exact) mass is 527 g/mol. The van der Waals surface area contributed by atoms with Gasteiger partial charge in [0.25, 0.3) is 0 Å². The molecule has 0 aliphatic carbocycles. The van der Waals surface area contributed by atoms with Gasteiger partial charge in [-0.05, 0) is 76.5 Å². The van der Waals surface area contributed by atoms with Crippen LogP contribution in [0.2, 0.25) is 0 Å². The highest BCUT2D eigenvalue weighted by molar-refractivity contribution is 6.13. The van der Waals surface area contributed by atoms with E-state index in [4.69, 9.17) is 4.74 Å². The van der Waals surface area contributed by atoms with Gasteiger partial charge in [0.15, 0.2) is 0 Å². The minimum atomic E-state index is 0.423. The summed E-state index contributed by atoms with van der Waals surface area (Å²) in [5.74, 6) is 0.818. The number of rotatable bonds is 6. The topological polar surface area (TPSA) is 60.0 Å². The molecule has 0 fully saturated rings. The van der Waals surface area contributed by atoms with E-state index in [-0.39, 0.29) is 0 Å². The van der Waals surface area contributed by atoms with E-state index in [9.17, 15) is 10.5 Å². The van der Waals surface area contributed by atoms with Crippen molar-refractivity contribution >= 4 is 50.8 Å². The van der Waals surface area contributed by atoms with E-state index in [1.165, 1.54) is 0 Å². The fraction of sp³-hybridized carbons (Fsp3) is 0.0270. The quantitative estimate of drug-likeness (QED) is 0.160. The molecule has 0 aromatic heterocycles. The third-order valence-electron chi connectivity index (χ3n) is 7.24. The second-order valence-electron chi connectivity index (χ2n) is 9.62. The van der Waals surface area contributed by atoms with E-state index in [0.29, 0.717) is 11.1 Å². The average molecular weight is 528 g/mol. The van der Waals surface area contributed by atoms with Gasteiger partial charge < -0.3 is 9.64 Å². The maximum atomic E-state index is 9.83. The molecule has 0 saturated heterocycles.